The summed E-state index contributed by atoms with van der Waals surface area (Å²) >= 11 is 1.90. The van der Waals surface area contributed by atoms with Gasteiger partial charge in [0.2, 0.25) is 0 Å². The van der Waals surface area contributed by atoms with Crippen molar-refractivity contribution in [2.45, 2.75) is 50.5 Å². The number of likely N-dealkylation sites (tertiary alicyclic amines) is 1. The van der Waals surface area contributed by atoms with Gasteiger partial charge in [0.25, 0.3) is 5.91 Å². The van der Waals surface area contributed by atoms with E-state index < -0.39 is 0 Å². The molecule has 2 unspecified atom stereocenters. The minimum absolute atomic E-state index is 0.141. The molecule has 1 aliphatic carbocycles. The molecular weight excluding hydrogens is 272 g/mol. The third-order valence-electron chi connectivity index (χ3n) is 4.55. The van der Waals surface area contributed by atoms with Crippen LogP contribution >= 0.6 is 11.3 Å². The van der Waals surface area contributed by atoms with Gasteiger partial charge in [0.1, 0.15) is 0 Å². The summed E-state index contributed by atoms with van der Waals surface area (Å²) in [5, 5.41) is 1.27. The largest absolute Gasteiger partial charge is 0.363 e. The maximum atomic E-state index is 12.1. The number of fused-ring (bicyclic) bond motifs is 1. The second kappa shape index (κ2) is 5.11. The fourth-order valence-electron chi connectivity index (χ4n) is 3.32. The van der Waals surface area contributed by atoms with Crippen LogP contribution in [0.2, 0.25) is 0 Å². The number of hydrogen-bond donors (Lipinski definition) is 0. The third kappa shape index (κ3) is 2.37. The monoisotopic (exact) mass is 292 g/mol. The van der Waals surface area contributed by atoms with Gasteiger partial charge in [0, 0.05) is 23.9 Å². The van der Waals surface area contributed by atoms with E-state index in [1.165, 1.54) is 41.3 Å². The minimum atomic E-state index is -0.141. The summed E-state index contributed by atoms with van der Waals surface area (Å²) in [7, 11) is 0. The van der Waals surface area contributed by atoms with Crippen LogP contribution in [0.3, 0.4) is 0 Å². The molecule has 108 valence electrons. The number of carbonyl (C=O) groups is 1. The van der Waals surface area contributed by atoms with Crippen LogP contribution < -0.4 is 0 Å². The van der Waals surface area contributed by atoms with Crippen LogP contribution in [0.1, 0.15) is 47.2 Å². The second-order valence-corrected chi connectivity index (χ2v) is 7.19. The van der Waals surface area contributed by atoms with Crippen LogP contribution in [-0.4, -0.2) is 41.6 Å². The lowest BCUT2D eigenvalue weighted by Gasteiger charge is -2.31. The van der Waals surface area contributed by atoms with Gasteiger partial charge in [-0.1, -0.05) is 0 Å². The zero-order chi connectivity index (χ0) is 13.5. The molecule has 4 nitrogen and oxygen atoms in total. The molecule has 2 atom stereocenters. The highest BCUT2D eigenvalue weighted by molar-refractivity contribution is 7.11. The lowest BCUT2D eigenvalue weighted by Crippen LogP contribution is -2.41. The highest BCUT2D eigenvalue weighted by Crippen LogP contribution is 2.35. The summed E-state index contributed by atoms with van der Waals surface area (Å²) in [6, 6.07) is 0. The number of aryl methyl sites for hydroxylation is 2. The predicted octanol–water partition coefficient (Wildman–Crippen LogP) is 2.13. The number of aromatic nitrogens is 1. The Morgan fingerprint density at radius 3 is 2.95 bits per heavy atom. The topological polar surface area (TPSA) is 45.7 Å². The van der Waals surface area contributed by atoms with E-state index in [1.807, 2.05) is 16.2 Å². The zero-order valence-electron chi connectivity index (χ0n) is 11.6. The van der Waals surface area contributed by atoms with Crippen molar-refractivity contribution in [3.05, 3.63) is 15.6 Å². The molecular formula is C15H20N2O2S. The molecule has 0 N–H and O–H groups in total. The van der Waals surface area contributed by atoms with Crippen LogP contribution in [0.5, 0.6) is 0 Å². The van der Waals surface area contributed by atoms with Crippen molar-refractivity contribution in [3.63, 3.8) is 0 Å². The number of amides is 1. The molecule has 0 bridgehead atoms. The Bertz CT molecular complexity index is 500. The van der Waals surface area contributed by atoms with E-state index in [4.69, 9.17) is 9.72 Å². The Kier molecular flexibility index (Phi) is 3.27. The number of thiazole rings is 1. The van der Waals surface area contributed by atoms with Crippen LogP contribution in [0.4, 0.5) is 0 Å². The highest BCUT2D eigenvalue weighted by Gasteiger charge is 2.37. The Balaban J connectivity index is 1.49. The molecule has 2 aliphatic heterocycles. The molecule has 5 heteroatoms. The predicted molar refractivity (Wildman–Crippen MR) is 77.1 cm³/mol. The minimum Gasteiger partial charge on any atom is -0.363 e. The summed E-state index contributed by atoms with van der Waals surface area (Å²) in [4.78, 5) is 20.5. The molecule has 20 heavy (non-hydrogen) atoms. The molecule has 4 rings (SSSR count). The van der Waals surface area contributed by atoms with Gasteiger partial charge in [-0.3, -0.25) is 4.79 Å². The van der Waals surface area contributed by atoms with Crippen molar-refractivity contribution in [1.29, 1.82) is 0 Å². The summed E-state index contributed by atoms with van der Waals surface area (Å²) in [5.74, 6) is 0.637. The smallest absolute Gasteiger partial charge is 0.254 e. The number of epoxide rings is 1. The van der Waals surface area contributed by atoms with Crippen LogP contribution in [0.15, 0.2) is 0 Å². The number of piperidine rings is 1. The fourth-order valence-corrected chi connectivity index (χ4v) is 4.60. The quantitative estimate of drug-likeness (QED) is 0.784. The molecule has 3 heterocycles. The molecule has 0 spiro atoms. The summed E-state index contributed by atoms with van der Waals surface area (Å²) in [6.07, 6.45) is 7.07. The van der Waals surface area contributed by atoms with Crippen molar-refractivity contribution < 1.29 is 9.53 Å². The average molecular weight is 292 g/mol. The first-order chi connectivity index (χ1) is 9.81. The number of carbonyl (C=O) groups excluding carboxylic acids is 1. The molecule has 1 aromatic heterocycles. The molecule has 0 saturated carbocycles. The van der Waals surface area contributed by atoms with Gasteiger partial charge < -0.3 is 9.64 Å². The molecule has 1 aromatic rings. The Morgan fingerprint density at radius 2 is 2.15 bits per heavy atom. The van der Waals surface area contributed by atoms with E-state index in [9.17, 15) is 4.79 Å². The Labute approximate surface area is 123 Å². The molecule has 1 amide bonds. The van der Waals surface area contributed by atoms with Gasteiger partial charge in [-0.25, -0.2) is 4.98 Å². The van der Waals surface area contributed by atoms with Crippen molar-refractivity contribution in [2.24, 2.45) is 0 Å². The summed E-state index contributed by atoms with van der Waals surface area (Å²) in [5.41, 5.74) is 1.34. The Hall–Kier alpha value is -0.940. The number of hydrogen-bond acceptors (Lipinski definition) is 4. The molecule has 2 fully saturated rings. The van der Waals surface area contributed by atoms with E-state index >= 15 is 0 Å². The van der Waals surface area contributed by atoms with Gasteiger partial charge >= 0.3 is 0 Å². The lowest BCUT2D eigenvalue weighted by atomic mass is 9.98. The molecule has 3 aliphatic rings. The van der Waals surface area contributed by atoms with Gasteiger partial charge in [-0.05, 0) is 38.5 Å². The van der Waals surface area contributed by atoms with Gasteiger partial charge in [-0.2, -0.15) is 0 Å². The van der Waals surface area contributed by atoms with E-state index in [-0.39, 0.29) is 12.0 Å². The first-order valence-electron chi connectivity index (χ1n) is 7.70. The van der Waals surface area contributed by atoms with Crippen molar-refractivity contribution in [1.82, 2.24) is 9.88 Å². The van der Waals surface area contributed by atoms with Crippen LogP contribution in [0, 0.1) is 0 Å². The Morgan fingerprint density at radius 1 is 1.30 bits per heavy atom. The van der Waals surface area contributed by atoms with Gasteiger partial charge in [-0.15, -0.1) is 11.3 Å². The maximum absolute atomic E-state index is 12.1. The van der Waals surface area contributed by atoms with E-state index in [0.717, 1.165) is 25.9 Å². The number of ether oxygens (including phenoxy) is 1. The van der Waals surface area contributed by atoms with Crippen LogP contribution in [-0.2, 0) is 22.4 Å². The highest BCUT2D eigenvalue weighted by atomic mass is 32.1. The normalized spacial score (nSPS) is 29.1. The van der Waals surface area contributed by atoms with Crippen LogP contribution in [0.25, 0.3) is 0 Å². The third-order valence-corrected chi connectivity index (χ3v) is 5.87. The van der Waals surface area contributed by atoms with Crippen molar-refractivity contribution >= 4 is 17.2 Å². The fraction of sp³-hybridized carbons (Fsp3) is 0.733. The van der Waals surface area contributed by atoms with E-state index in [1.54, 1.807) is 0 Å². The first kappa shape index (κ1) is 12.8. The lowest BCUT2D eigenvalue weighted by molar-refractivity contribution is -0.133. The molecule has 2 saturated heterocycles. The maximum Gasteiger partial charge on any atom is 0.254 e. The summed E-state index contributed by atoms with van der Waals surface area (Å²) < 4.78 is 5.13. The second-order valence-electron chi connectivity index (χ2n) is 6.07. The first-order valence-corrected chi connectivity index (χ1v) is 8.52. The average Bonchev–Trinajstić information content (AvgIpc) is 3.25. The standard InChI is InChI=1S/C15H20N2O2S/c18-15(12-9-19-12)17-7-3-4-10(8-17)14-16-11-5-1-2-6-13(11)20-14/h10,12H,1-9H2. The number of nitrogens with zero attached hydrogens (tertiary/aromatic N) is 2. The SMILES string of the molecule is O=C(C1CO1)N1CCCC(c2nc3c(s2)CCCC3)C1. The number of rotatable bonds is 2. The van der Waals surface area contributed by atoms with Gasteiger partial charge in [0.15, 0.2) is 6.10 Å². The van der Waals surface area contributed by atoms with Gasteiger partial charge in [0.05, 0.1) is 17.3 Å². The molecule has 0 radical (unpaired) electrons. The van der Waals surface area contributed by atoms with E-state index in [2.05, 4.69) is 0 Å². The summed E-state index contributed by atoms with van der Waals surface area (Å²) in [6.45, 7) is 2.34. The molecule has 0 aromatic carbocycles. The van der Waals surface area contributed by atoms with Crippen molar-refractivity contribution in [2.75, 3.05) is 19.7 Å². The van der Waals surface area contributed by atoms with Crippen molar-refractivity contribution in [3.8, 4) is 0 Å². The zero-order valence-corrected chi connectivity index (χ0v) is 12.5. The van der Waals surface area contributed by atoms with E-state index in [0.29, 0.717) is 12.5 Å².